The number of hydrogen-bond acceptors (Lipinski definition) is 4. The van der Waals surface area contributed by atoms with Crippen molar-refractivity contribution in [3.8, 4) is 0 Å². The first-order valence-electron chi connectivity index (χ1n) is 5.40. The Morgan fingerprint density at radius 1 is 1.31 bits per heavy atom. The first-order chi connectivity index (χ1) is 7.47. The number of hydrogen-bond donors (Lipinski definition) is 1. The lowest BCUT2D eigenvalue weighted by Gasteiger charge is -2.15. The van der Waals surface area contributed by atoms with E-state index in [2.05, 4.69) is 24.1 Å². The number of aromatic nitrogens is 1. The molecule has 1 heterocycles. The molecule has 0 aliphatic rings. The van der Waals surface area contributed by atoms with Crippen LogP contribution >= 0.6 is 0 Å². The van der Waals surface area contributed by atoms with Gasteiger partial charge < -0.3 is 5.32 Å². The molecule has 4 nitrogen and oxygen atoms in total. The molecule has 1 aromatic rings. The standard InChI is InChI=1S/C11H18N2O2S/c1-4-9(5-2)13-10-6-7-11(12-8-10)16(3,14)15/h6-9,13H,4-5H2,1-3H3. The maximum absolute atomic E-state index is 11.2. The Morgan fingerprint density at radius 3 is 2.31 bits per heavy atom. The van der Waals surface area contributed by atoms with Crippen LogP contribution in [0.5, 0.6) is 0 Å². The maximum Gasteiger partial charge on any atom is 0.192 e. The quantitative estimate of drug-likeness (QED) is 0.859. The van der Waals surface area contributed by atoms with E-state index in [-0.39, 0.29) is 5.03 Å². The molecule has 0 spiro atoms. The van der Waals surface area contributed by atoms with Gasteiger partial charge in [-0.05, 0) is 25.0 Å². The molecule has 0 atom stereocenters. The van der Waals surface area contributed by atoms with Crippen LogP contribution in [0.1, 0.15) is 26.7 Å². The molecule has 16 heavy (non-hydrogen) atoms. The van der Waals surface area contributed by atoms with Crippen molar-refractivity contribution in [2.75, 3.05) is 11.6 Å². The molecule has 0 aliphatic heterocycles. The second-order valence-electron chi connectivity index (χ2n) is 3.82. The van der Waals surface area contributed by atoms with Gasteiger partial charge in [0.2, 0.25) is 0 Å². The minimum absolute atomic E-state index is 0.114. The summed E-state index contributed by atoms with van der Waals surface area (Å²) in [7, 11) is -3.20. The van der Waals surface area contributed by atoms with E-state index in [9.17, 15) is 8.42 Å². The van der Waals surface area contributed by atoms with E-state index < -0.39 is 9.84 Å². The number of pyridine rings is 1. The van der Waals surface area contributed by atoms with Gasteiger partial charge in [-0.2, -0.15) is 0 Å². The lowest BCUT2D eigenvalue weighted by Crippen LogP contribution is -2.17. The average molecular weight is 242 g/mol. The topological polar surface area (TPSA) is 59.1 Å². The molecule has 0 aromatic carbocycles. The first kappa shape index (κ1) is 13.0. The van der Waals surface area contributed by atoms with Crippen molar-refractivity contribution >= 4 is 15.5 Å². The Labute approximate surface area is 97.0 Å². The maximum atomic E-state index is 11.2. The molecule has 0 bridgehead atoms. The molecule has 1 aromatic heterocycles. The van der Waals surface area contributed by atoms with Gasteiger partial charge in [0.25, 0.3) is 0 Å². The number of anilines is 1. The number of rotatable bonds is 5. The summed E-state index contributed by atoms with van der Waals surface area (Å²) in [5.74, 6) is 0. The third-order valence-electron chi connectivity index (χ3n) is 2.47. The highest BCUT2D eigenvalue weighted by molar-refractivity contribution is 7.90. The van der Waals surface area contributed by atoms with Gasteiger partial charge in [0.1, 0.15) is 0 Å². The molecule has 90 valence electrons. The Bertz CT molecular complexity index is 422. The van der Waals surface area contributed by atoms with E-state index in [1.165, 1.54) is 6.07 Å². The lowest BCUT2D eigenvalue weighted by atomic mass is 10.1. The summed E-state index contributed by atoms with van der Waals surface area (Å²) >= 11 is 0. The van der Waals surface area contributed by atoms with Crippen molar-refractivity contribution < 1.29 is 8.42 Å². The molecule has 0 fully saturated rings. The van der Waals surface area contributed by atoms with E-state index in [4.69, 9.17) is 0 Å². The monoisotopic (exact) mass is 242 g/mol. The molecule has 1 rings (SSSR count). The Morgan fingerprint density at radius 2 is 1.94 bits per heavy atom. The fraction of sp³-hybridized carbons (Fsp3) is 0.545. The summed E-state index contributed by atoms with van der Waals surface area (Å²) in [6.07, 6.45) is 4.78. The van der Waals surface area contributed by atoms with Crippen LogP contribution in [0.4, 0.5) is 5.69 Å². The van der Waals surface area contributed by atoms with Crippen LogP contribution < -0.4 is 5.32 Å². The van der Waals surface area contributed by atoms with Gasteiger partial charge in [-0.3, -0.25) is 0 Å². The minimum atomic E-state index is -3.20. The fourth-order valence-corrected chi connectivity index (χ4v) is 1.97. The minimum Gasteiger partial charge on any atom is -0.381 e. The third-order valence-corrected chi connectivity index (χ3v) is 3.47. The van der Waals surface area contributed by atoms with Gasteiger partial charge in [-0.1, -0.05) is 13.8 Å². The van der Waals surface area contributed by atoms with Gasteiger partial charge in [0.05, 0.1) is 11.9 Å². The van der Waals surface area contributed by atoms with Crippen molar-refractivity contribution in [1.29, 1.82) is 0 Å². The van der Waals surface area contributed by atoms with Crippen molar-refractivity contribution in [2.24, 2.45) is 0 Å². The van der Waals surface area contributed by atoms with Crippen LogP contribution in [0.3, 0.4) is 0 Å². The van der Waals surface area contributed by atoms with E-state index >= 15 is 0 Å². The van der Waals surface area contributed by atoms with E-state index in [1.807, 2.05) is 0 Å². The van der Waals surface area contributed by atoms with Crippen LogP contribution in [0, 0.1) is 0 Å². The zero-order valence-corrected chi connectivity index (χ0v) is 10.7. The average Bonchev–Trinajstić information content (AvgIpc) is 2.25. The molecular weight excluding hydrogens is 224 g/mol. The third kappa shape index (κ3) is 3.48. The Hall–Kier alpha value is -1.10. The fourth-order valence-electron chi connectivity index (χ4n) is 1.41. The van der Waals surface area contributed by atoms with Gasteiger partial charge >= 0.3 is 0 Å². The molecule has 0 aliphatic carbocycles. The van der Waals surface area contributed by atoms with Crippen LogP contribution in [-0.4, -0.2) is 25.7 Å². The molecule has 1 N–H and O–H groups in total. The van der Waals surface area contributed by atoms with Crippen LogP contribution in [-0.2, 0) is 9.84 Å². The van der Waals surface area contributed by atoms with Gasteiger partial charge in [0.15, 0.2) is 14.9 Å². The molecule has 0 amide bonds. The Balaban J connectivity index is 2.80. The molecule has 5 heteroatoms. The highest BCUT2D eigenvalue weighted by atomic mass is 32.2. The van der Waals surface area contributed by atoms with Crippen molar-refractivity contribution in [2.45, 2.75) is 37.8 Å². The normalized spacial score (nSPS) is 11.8. The largest absolute Gasteiger partial charge is 0.381 e. The molecular formula is C11H18N2O2S. The predicted octanol–water partition coefficient (Wildman–Crippen LogP) is 2.09. The highest BCUT2D eigenvalue weighted by Gasteiger charge is 2.09. The molecule has 0 unspecified atom stereocenters. The van der Waals surface area contributed by atoms with Gasteiger partial charge in [-0.15, -0.1) is 0 Å². The molecule has 0 saturated heterocycles. The zero-order chi connectivity index (χ0) is 12.2. The van der Waals surface area contributed by atoms with E-state index in [0.717, 1.165) is 24.8 Å². The van der Waals surface area contributed by atoms with Crippen molar-refractivity contribution in [3.05, 3.63) is 18.3 Å². The summed E-state index contributed by atoms with van der Waals surface area (Å²) in [4.78, 5) is 3.92. The number of sulfone groups is 1. The summed E-state index contributed by atoms with van der Waals surface area (Å²) in [6, 6.07) is 3.69. The number of nitrogens with one attached hydrogen (secondary N) is 1. The van der Waals surface area contributed by atoms with E-state index in [0.29, 0.717) is 6.04 Å². The molecule has 0 radical (unpaired) electrons. The summed E-state index contributed by atoms with van der Waals surface area (Å²) in [6.45, 7) is 4.22. The van der Waals surface area contributed by atoms with Gasteiger partial charge in [0, 0.05) is 12.3 Å². The Kier molecular flexibility index (Phi) is 4.29. The van der Waals surface area contributed by atoms with Crippen molar-refractivity contribution in [3.63, 3.8) is 0 Å². The van der Waals surface area contributed by atoms with Gasteiger partial charge in [-0.25, -0.2) is 13.4 Å². The highest BCUT2D eigenvalue weighted by Crippen LogP contribution is 2.13. The smallest absolute Gasteiger partial charge is 0.192 e. The summed E-state index contributed by atoms with van der Waals surface area (Å²) in [5.41, 5.74) is 0.862. The summed E-state index contributed by atoms with van der Waals surface area (Å²) < 4.78 is 22.4. The molecule has 0 saturated carbocycles. The van der Waals surface area contributed by atoms with Crippen LogP contribution in [0.15, 0.2) is 23.4 Å². The summed E-state index contributed by atoms with van der Waals surface area (Å²) in [5, 5.41) is 3.41. The van der Waals surface area contributed by atoms with Crippen molar-refractivity contribution in [1.82, 2.24) is 4.98 Å². The second kappa shape index (κ2) is 5.30. The SMILES string of the molecule is CCC(CC)Nc1ccc(S(C)(=O)=O)nc1. The van der Waals surface area contributed by atoms with E-state index in [1.54, 1.807) is 12.3 Å². The lowest BCUT2D eigenvalue weighted by molar-refractivity contribution is 0.598. The van der Waals surface area contributed by atoms with Crippen LogP contribution in [0.25, 0.3) is 0 Å². The predicted molar refractivity (Wildman–Crippen MR) is 65.3 cm³/mol. The number of nitrogens with zero attached hydrogens (tertiary/aromatic N) is 1. The van der Waals surface area contributed by atoms with Crippen LogP contribution in [0.2, 0.25) is 0 Å². The second-order valence-corrected chi connectivity index (χ2v) is 5.78. The first-order valence-corrected chi connectivity index (χ1v) is 7.29. The zero-order valence-electron chi connectivity index (χ0n) is 9.90.